The monoisotopic (exact) mass is 257 g/mol. The van der Waals surface area contributed by atoms with Crippen LogP contribution in [0.3, 0.4) is 0 Å². The van der Waals surface area contributed by atoms with Crippen molar-refractivity contribution in [3.8, 4) is 0 Å². The lowest BCUT2D eigenvalue weighted by molar-refractivity contribution is 0.265. The van der Waals surface area contributed by atoms with Crippen LogP contribution in [0.25, 0.3) is 0 Å². The summed E-state index contributed by atoms with van der Waals surface area (Å²) in [7, 11) is 0. The molecule has 0 saturated carbocycles. The molecule has 0 aliphatic heterocycles. The maximum Gasteiger partial charge on any atom is 0.0567 e. The predicted octanol–water partition coefficient (Wildman–Crippen LogP) is 4.87. The molecule has 1 aliphatic rings. The molecule has 0 radical (unpaired) electrons. The van der Waals surface area contributed by atoms with Gasteiger partial charge in [-0.3, -0.25) is 0 Å². The third-order valence-electron chi connectivity index (χ3n) is 4.02. The van der Waals surface area contributed by atoms with Gasteiger partial charge in [0.1, 0.15) is 0 Å². The highest BCUT2D eigenvalue weighted by atomic mass is 32.1. The summed E-state index contributed by atoms with van der Waals surface area (Å²) in [5, 5.41) is 8.03. The van der Waals surface area contributed by atoms with Gasteiger partial charge in [0.25, 0.3) is 0 Å². The highest BCUT2D eigenvalue weighted by Gasteiger charge is 2.35. The molecule has 0 spiro atoms. The van der Waals surface area contributed by atoms with Gasteiger partial charge in [-0.25, -0.2) is 0 Å². The van der Waals surface area contributed by atoms with Crippen LogP contribution in [0, 0.1) is 5.41 Å². The topological polar surface area (TPSA) is 12.0 Å². The fourth-order valence-electron chi connectivity index (χ4n) is 2.85. The van der Waals surface area contributed by atoms with E-state index >= 15 is 0 Å². The summed E-state index contributed by atoms with van der Waals surface area (Å²) < 4.78 is 0. The highest BCUT2D eigenvalue weighted by molar-refractivity contribution is 7.08. The molecule has 2 heteroatoms. The smallest absolute Gasteiger partial charge is 0.0567 e. The van der Waals surface area contributed by atoms with Crippen molar-refractivity contribution in [2.75, 3.05) is 5.32 Å². The minimum absolute atomic E-state index is 0.302. The Balaban J connectivity index is 1.98. The Hall–Kier alpha value is -1.28. The summed E-state index contributed by atoms with van der Waals surface area (Å²) in [5.41, 5.74) is 4.52. The van der Waals surface area contributed by atoms with Crippen LogP contribution >= 0.6 is 11.3 Å². The molecule has 1 aromatic carbocycles. The molecule has 2 aromatic rings. The second kappa shape index (κ2) is 4.43. The van der Waals surface area contributed by atoms with Crippen molar-refractivity contribution in [2.45, 2.75) is 32.7 Å². The molecule has 1 unspecified atom stereocenters. The van der Waals surface area contributed by atoms with Crippen LogP contribution in [0.1, 0.15) is 37.4 Å². The normalized spacial score (nSPS) is 21.3. The van der Waals surface area contributed by atoms with Crippen LogP contribution in [0.2, 0.25) is 0 Å². The van der Waals surface area contributed by atoms with Gasteiger partial charge in [0.15, 0.2) is 0 Å². The van der Waals surface area contributed by atoms with Gasteiger partial charge in [-0.15, -0.1) is 0 Å². The van der Waals surface area contributed by atoms with Gasteiger partial charge in [-0.2, -0.15) is 11.3 Å². The maximum absolute atomic E-state index is 3.72. The van der Waals surface area contributed by atoms with E-state index in [0.29, 0.717) is 11.5 Å². The van der Waals surface area contributed by atoms with Crippen LogP contribution in [-0.4, -0.2) is 0 Å². The fraction of sp³-hybridized carbons (Fsp3) is 0.375. The third-order valence-corrected chi connectivity index (χ3v) is 4.70. The SMILES string of the molecule is CC1(C)CCc2ccccc2C1Nc1ccsc1. The molecule has 1 nitrogen and oxygen atoms in total. The van der Waals surface area contributed by atoms with Crippen molar-refractivity contribution in [3.05, 3.63) is 52.2 Å². The lowest BCUT2D eigenvalue weighted by Gasteiger charge is -2.41. The number of benzene rings is 1. The quantitative estimate of drug-likeness (QED) is 0.809. The summed E-state index contributed by atoms with van der Waals surface area (Å²) in [4.78, 5) is 0. The van der Waals surface area contributed by atoms with E-state index in [4.69, 9.17) is 0 Å². The predicted molar refractivity (Wildman–Crippen MR) is 79.2 cm³/mol. The van der Waals surface area contributed by atoms with E-state index in [1.165, 1.54) is 29.7 Å². The molecule has 94 valence electrons. The standard InChI is InChI=1S/C16H19NS/c1-16(2)9-7-12-5-3-4-6-14(12)15(16)17-13-8-10-18-11-13/h3-6,8,10-11,15,17H,7,9H2,1-2H3. The number of hydrogen-bond donors (Lipinski definition) is 1. The maximum atomic E-state index is 3.72. The van der Waals surface area contributed by atoms with E-state index in [1.807, 2.05) is 0 Å². The van der Waals surface area contributed by atoms with Crippen LogP contribution in [0.5, 0.6) is 0 Å². The molecule has 1 atom stereocenters. The first kappa shape index (κ1) is 11.8. The van der Waals surface area contributed by atoms with Gasteiger partial charge >= 0.3 is 0 Å². The lowest BCUT2D eigenvalue weighted by Crippen LogP contribution is -2.33. The van der Waals surface area contributed by atoms with Gasteiger partial charge in [0, 0.05) is 11.1 Å². The molecule has 1 aliphatic carbocycles. The van der Waals surface area contributed by atoms with E-state index < -0.39 is 0 Å². The fourth-order valence-corrected chi connectivity index (χ4v) is 3.45. The Labute approximate surface area is 113 Å². The number of rotatable bonds is 2. The molecule has 0 fully saturated rings. The van der Waals surface area contributed by atoms with Crippen molar-refractivity contribution in [3.63, 3.8) is 0 Å². The van der Waals surface area contributed by atoms with Crippen LogP contribution in [0.4, 0.5) is 5.69 Å². The molecule has 3 rings (SSSR count). The Bertz CT molecular complexity index is 528. The molecule has 0 saturated heterocycles. The van der Waals surface area contributed by atoms with Crippen LogP contribution < -0.4 is 5.32 Å². The summed E-state index contributed by atoms with van der Waals surface area (Å²) in [6, 6.07) is 11.4. The van der Waals surface area contributed by atoms with E-state index in [0.717, 1.165) is 0 Å². The highest BCUT2D eigenvalue weighted by Crippen LogP contribution is 2.45. The van der Waals surface area contributed by atoms with Crippen molar-refractivity contribution in [1.82, 2.24) is 0 Å². The summed E-state index contributed by atoms with van der Waals surface area (Å²) in [5.74, 6) is 0. The van der Waals surface area contributed by atoms with Crippen molar-refractivity contribution >= 4 is 17.0 Å². The van der Waals surface area contributed by atoms with Crippen molar-refractivity contribution < 1.29 is 0 Å². The number of anilines is 1. The number of thiophene rings is 1. The van der Waals surface area contributed by atoms with Gasteiger partial charge in [-0.1, -0.05) is 38.1 Å². The lowest BCUT2D eigenvalue weighted by atomic mass is 9.70. The van der Waals surface area contributed by atoms with E-state index in [1.54, 1.807) is 11.3 Å². The second-order valence-electron chi connectivity index (χ2n) is 5.78. The Morgan fingerprint density at radius 1 is 1.22 bits per heavy atom. The molecule has 1 N–H and O–H groups in total. The second-order valence-corrected chi connectivity index (χ2v) is 6.56. The van der Waals surface area contributed by atoms with Crippen molar-refractivity contribution in [1.29, 1.82) is 0 Å². The Morgan fingerprint density at radius 3 is 2.83 bits per heavy atom. The largest absolute Gasteiger partial charge is 0.377 e. The molecular formula is C16H19NS. The minimum atomic E-state index is 0.302. The Kier molecular flexibility index (Phi) is 2.90. The number of nitrogens with one attached hydrogen (secondary N) is 1. The minimum Gasteiger partial charge on any atom is -0.377 e. The molecule has 0 amide bonds. The molecule has 0 bridgehead atoms. The van der Waals surface area contributed by atoms with Gasteiger partial charge in [0.05, 0.1) is 6.04 Å². The summed E-state index contributed by atoms with van der Waals surface area (Å²) in [6.07, 6.45) is 2.44. The first-order valence-electron chi connectivity index (χ1n) is 6.53. The molecule has 18 heavy (non-hydrogen) atoms. The summed E-state index contributed by atoms with van der Waals surface area (Å²) >= 11 is 1.75. The zero-order chi connectivity index (χ0) is 12.6. The van der Waals surface area contributed by atoms with Crippen LogP contribution in [-0.2, 0) is 6.42 Å². The van der Waals surface area contributed by atoms with Gasteiger partial charge in [-0.05, 0) is 40.8 Å². The summed E-state index contributed by atoms with van der Waals surface area (Å²) in [6.45, 7) is 4.74. The Morgan fingerprint density at radius 2 is 2.06 bits per heavy atom. The first-order chi connectivity index (χ1) is 8.67. The number of fused-ring (bicyclic) bond motifs is 1. The molecule has 1 heterocycles. The molecular weight excluding hydrogens is 238 g/mol. The van der Waals surface area contributed by atoms with Gasteiger partial charge in [0.2, 0.25) is 0 Å². The number of hydrogen-bond acceptors (Lipinski definition) is 2. The third kappa shape index (κ3) is 2.05. The molecule has 1 aromatic heterocycles. The average molecular weight is 257 g/mol. The zero-order valence-corrected chi connectivity index (χ0v) is 11.8. The average Bonchev–Trinajstić information content (AvgIpc) is 2.86. The number of aryl methyl sites for hydroxylation is 1. The van der Waals surface area contributed by atoms with Crippen LogP contribution in [0.15, 0.2) is 41.1 Å². The zero-order valence-electron chi connectivity index (χ0n) is 10.9. The first-order valence-corrected chi connectivity index (χ1v) is 7.48. The van der Waals surface area contributed by atoms with Crippen molar-refractivity contribution in [2.24, 2.45) is 5.41 Å². The van der Waals surface area contributed by atoms with Gasteiger partial charge < -0.3 is 5.32 Å². The van der Waals surface area contributed by atoms with E-state index in [9.17, 15) is 0 Å². The van der Waals surface area contributed by atoms with E-state index in [2.05, 4.69) is 60.3 Å². The van der Waals surface area contributed by atoms with E-state index in [-0.39, 0.29) is 0 Å².